The lowest BCUT2D eigenvalue weighted by molar-refractivity contribution is -0.128. The van der Waals surface area contributed by atoms with Crippen molar-refractivity contribution in [3.8, 4) is 0 Å². The number of nitrogens with two attached hydrogens (primary N) is 1. The zero-order chi connectivity index (χ0) is 14.2. The van der Waals surface area contributed by atoms with Crippen LogP contribution in [0.3, 0.4) is 0 Å². The van der Waals surface area contributed by atoms with Gasteiger partial charge in [0.25, 0.3) is 0 Å². The molecular formula is C11H22N2O3S2. The number of carbonyl (C=O) groups excluding carboxylic acids is 1. The second-order valence-corrected chi connectivity index (χ2v) is 6.90. The van der Waals surface area contributed by atoms with E-state index in [0.717, 1.165) is 12.8 Å². The van der Waals surface area contributed by atoms with Gasteiger partial charge in [-0.2, -0.15) is 0 Å². The van der Waals surface area contributed by atoms with Gasteiger partial charge in [-0.25, -0.2) is 8.42 Å². The summed E-state index contributed by atoms with van der Waals surface area (Å²) in [5.74, 6) is -0.933. The molecule has 0 rings (SSSR count). The average molecular weight is 294 g/mol. The van der Waals surface area contributed by atoms with Gasteiger partial charge in [0.15, 0.2) is 9.84 Å². The predicted molar refractivity (Wildman–Crippen MR) is 77.2 cm³/mol. The first-order valence-electron chi connectivity index (χ1n) is 6.08. The zero-order valence-corrected chi connectivity index (χ0v) is 12.6. The average Bonchev–Trinajstić information content (AvgIpc) is 2.25. The minimum absolute atomic E-state index is 0.131. The molecule has 0 radical (unpaired) electrons. The van der Waals surface area contributed by atoms with Gasteiger partial charge in [-0.3, -0.25) is 4.79 Å². The van der Waals surface area contributed by atoms with Gasteiger partial charge in [0.05, 0.1) is 10.7 Å². The van der Waals surface area contributed by atoms with Crippen molar-refractivity contribution in [2.24, 2.45) is 5.73 Å². The Kier molecular flexibility index (Phi) is 8.10. The molecule has 0 saturated heterocycles. The molecule has 106 valence electrons. The Balaban J connectivity index is 4.46. The lowest BCUT2D eigenvalue weighted by atomic mass is 10.3. The van der Waals surface area contributed by atoms with Gasteiger partial charge >= 0.3 is 0 Å². The normalized spacial score (nSPS) is 11.2. The van der Waals surface area contributed by atoms with Crippen LogP contribution in [0, 0.1) is 0 Å². The quantitative estimate of drug-likeness (QED) is 0.634. The van der Waals surface area contributed by atoms with Gasteiger partial charge in [0.1, 0.15) is 5.75 Å². The van der Waals surface area contributed by atoms with Gasteiger partial charge in [-0.1, -0.05) is 26.1 Å². The van der Waals surface area contributed by atoms with E-state index in [1.54, 1.807) is 4.90 Å². The number of nitrogens with zero attached hydrogens (tertiary/aromatic N) is 1. The molecule has 0 aliphatic rings. The molecule has 0 atom stereocenters. The number of hydrogen-bond acceptors (Lipinski definition) is 4. The van der Waals surface area contributed by atoms with Crippen molar-refractivity contribution in [1.29, 1.82) is 0 Å². The minimum atomic E-state index is -3.42. The Hall–Kier alpha value is -0.690. The van der Waals surface area contributed by atoms with Crippen molar-refractivity contribution in [3.63, 3.8) is 0 Å². The lowest BCUT2D eigenvalue weighted by Gasteiger charge is -2.21. The van der Waals surface area contributed by atoms with E-state index in [1.807, 2.05) is 13.8 Å². The molecule has 0 spiro atoms. The van der Waals surface area contributed by atoms with Crippen LogP contribution in [-0.2, 0) is 14.6 Å². The van der Waals surface area contributed by atoms with Crippen LogP contribution in [0.5, 0.6) is 0 Å². The van der Waals surface area contributed by atoms with Crippen LogP contribution in [0.25, 0.3) is 0 Å². The molecule has 18 heavy (non-hydrogen) atoms. The van der Waals surface area contributed by atoms with Crippen LogP contribution in [0.2, 0.25) is 0 Å². The first kappa shape index (κ1) is 17.3. The topological polar surface area (TPSA) is 80.5 Å². The highest BCUT2D eigenvalue weighted by Crippen LogP contribution is 2.01. The third kappa shape index (κ3) is 7.60. The van der Waals surface area contributed by atoms with Crippen LogP contribution < -0.4 is 5.73 Å². The molecule has 0 heterocycles. The monoisotopic (exact) mass is 294 g/mol. The molecule has 0 aromatic heterocycles. The third-order valence-corrected chi connectivity index (χ3v) is 4.06. The Morgan fingerprint density at radius 3 is 2.11 bits per heavy atom. The highest BCUT2D eigenvalue weighted by Gasteiger charge is 2.20. The Labute approximate surface area is 115 Å². The molecule has 0 bridgehead atoms. The van der Waals surface area contributed by atoms with Crippen LogP contribution in [0.1, 0.15) is 33.1 Å². The van der Waals surface area contributed by atoms with Crippen LogP contribution in [0.15, 0.2) is 0 Å². The molecule has 0 aromatic carbocycles. The predicted octanol–water partition coefficient (Wildman–Crippen LogP) is 0.726. The minimum Gasteiger partial charge on any atom is -0.393 e. The van der Waals surface area contributed by atoms with Crippen molar-refractivity contribution >= 4 is 33.0 Å². The van der Waals surface area contributed by atoms with E-state index in [9.17, 15) is 13.2 Å². The summed E-state index contributed by atoms with van der Waals surface area (Å²) in [6.45, 7) is 5.10. The Bertz CT molecular complexity index is 374. The highest BCUT2D eigenvalue weighted by atomic mass is 32.2. The standard InChI is InChI=1S/C11H22N2O3S2/c1-3-6-13(7-4-2)11(14)9-18(15,16)8-5-10(12)17/h3-9H2,1-2H3,(H2,12,17). The van der Waals surface area contributed by atoms with Gasteiger partial charge in [-0.15, -0.1) is 0 Å². The summed E-state index contributed by atoms with van der Waals surface area (Å²) in [5.41, 5.74) is 5.26. The fraction of sp³-hybridized carbons (Fsp3) is 0.818. The highest BCUT2D eigenvalue weighted by molar-refractivity contribution is 7.92. The van der Waals surface area contributed by atoms with E-state index in [0.29, 0.717) is 13.1 Å². The SMILES string of the molecule is CCCN(CCC)C(=O)CS(=O)(=O)CCC(N)=S. The van der Waals surface area contributed by atoms with E-state index in [1.165, 1.54) is 0 Å². The molecule has 0 unspecified atom stereocenters. The zero-order valence-electron chi connectivity index (χ0n) is 11.0. The lowest BCUT2D eigenvalue weighted by Crippen LogP contribution is -2.37. The third-order valence-electron chi connectivity index (χ3n) is 2.34. The van der Waals surface area contributed by atoms with Crippen molar-refractivity contribution < 1.29 is 13.2 Å². The van der Waals surface area contributed by atoms with Crippen molar-refractivity contribution in [2.45, 2.75) is 33.1 Å². The molecule has 0 saturated carbocycles. The summed E-state index contributed by atoms with van der Waals surface area (Å²) in [6.07, 6.45) is 1.77. The summed E-state index contributed by atoms with van der Waals surface area (Å²) in [6, 6.07) is 0. The molecular weight excluding hydrogens is 272 g/mol. The molecule has 1 amide bonds. The molecule has 0 aliphatic carbocycles. The van der Waals surface area contributed by atoms with E-state index >= 15 is 0 Å². The number of sulfone groups is 1. The molecule has 5 nitrogen and oxygen atoms in total. The number of hydrogen-bond donors (Lipinski definition) is 1. The van der Waals surface area contributed by atoms with E-state index in [-0.39, 0.29) is 23.1 Å². The Morgan fingerprint density at radius 2 is 1.72 bits per heavy atom. The second-order valence-electron chi connectivity index (χ2n) is 4.19. The van der Waals surface area contributed by atoms with Crippen molar-refractivity contribution in [1.82, 2.24) is 4.90 Å². The molecule has 0 fully saturated rings. The van der Waals surface area contributed by atoms with Gasteiger partial charge in [-0.05, 0) is 12.8 Å². The first-order valence-corrected chi connectivity index (χ1v) is 8.31. The van der Waals surface area contributed by atoms with Crippen molar-refractivity contribution in [2.75, 3.05) is 24.6 Å². The van der Waals surface area contributed by atoms with E-state index in [2.05, 4.69) is 12.2 Å². The smallest absolute Gasteiger partial charge is 0.237 e. The number of thiocarbonyl (C=S) groups is 1. The van der Waals surface area contributed by atoms with E-state index in [4.69, 9.17) is 5.73 Å². The van der Waals surface area contributed by atoms with Crippen molar-refractivity contribution in [3.05, 3.63) is 0 Å². The molecule has 7 heteroatoms. The largest absolute Gasteiger partial charge is 0.393 e. The Morgan fingerprint density at radius 1 is 1.22 bits per heavy atom. The van der Waals surface area contributed by atoms with E-state index < -0.39 is 15.6 Å². The summed E-state index contributed by atoms with van der Waals surface area (Å²) < 4.78 is 23.4. The van der Waals surface area contributed by atoms with Gasteiger partial charge < -0.3 is 10.6 Å². The maximum Gasteiger partial charge on any atom is 0.237 e. The summed E-state index contributed by atoms with van der Waals surface area (Å²) in [7, 11) is -3.42. The van der Waals surface area contributed by atoms with Crippen LogP contribution >= 0.6 is 12.2 Å². The number of amides is 1. The van der Waals surface area contributed by atoms with Gasteiger partial charge in [0.2, 0.25) is 5.91 Å². The number of carbonyl (C=O) groups is 1. The number of rotatable bonds is 9. The summed E-state index contributed by atoms with van der Waals surface area (Å²) in [4.78, 5) is 13.6. The maximum atomic E-state index is 11.9. The summed E-state index contributed by atoms with van der Waals surface area (Å²) in [5, 5.41) is 0. The molecule has 0 aliphatic heterocycles. The van der Waals surface area contributed by atoms with Gasteiger partial charge in [0, 0.05) is 19.5 Å². The fourth-order valence-corrected chi connectivity index (χ4v) is 2.97. The fourth-order valence-electron chi connectivity index (χ4n) is 1.51. The second kappa shape index (κ2) is 8.42. The molecule has 0 aromatic rings. The molecule has 2 N–H and O–H groups in total. The van der Waals surface area contributed by atoms with Crippen LogP contribution in [0.4, 0.5) is 0 Å². The maximum absolute atomic E-state index is 11.9. The summed E-state index contributed by atoms with van der Waals surface area (Å²) >= 11 is 4.63. The first-order chi connectivity index (χ1) is 8.32. The van der Waals surface area contributed by atoms with Crippen LogP contribution in [-0.4, -0.2) is 48.8 Å².